The molecule has 0 bridgehead atoms. The number of likely N-dealkylation sites (tertiary alicyclic amines) is 1. The van der Waals surface area contributed by atoms with Gasteiger partial charge in [0, 0.05) is 6.54 Å². The Labute approximate surface area is 258 Å². The average molecular weight is 631 g/mol. The van der Waals surface area contributed by atoms with Crippen molar-refractivity contribution in [2.24, 2.45) is 5.73 Å². The number of rotatable bonds is 9. The molecule has 1 aliphatic rings. The molecule has 4 aromatic heterocycles. The molecular weight excluding hydrogens is 605 g/mol. The fraction of sp³-hybridized carbons (Fsp3) is 0.233. The number of primary amides is 1. The Hall–Kier alpha value is -4.20. The molecule has 13 heteroatoms. The van der Waals surface area contributed by atoms with Crippen molar-refractivity contribution >= 4 is 62.3 Å². The van der Waals surface area contributed by atoms with Crippen LogP contribution in [0.3, 0.4) is 0 Å². The van der Waals surface area contributed by atoms with Crippen molar-refractivity contribution in [1.29, 1.82) is 0 Å². The van der Waals surface area contributed by atoms with E-state index in [4.69, 9.17) is 19.9 Å². The Morgan fingerprint density at radius 1 is 1.16 bits per heavy atom. The summed E-state index contributed by atoms with van der Waals surface area (Å²) >= 11 is 4.34. The van der Waals surface area contributed by atoms with Gasteiger partial charge in [-0.3, -0.25) is 9.59 Å². The highest BCUT2D eigenvalue weighted by molar-refractivity contribution is 8.00. The largest absolute Gasteiger partial charge is 0.489 e. The fourth-order valence-corrected chi connectivity index (χ4v) is 7.65. The zero-order valence-corrected chi connectivity index (χ0v) is 25.5. The zero-order chi connectivity index (χ0) is 29.5. The molecule has 2 amide bonds. The summed E-state index contributed by atoms with van der Waals surface area (Å²) in [7, 11) is 0. The van der Waals surface area contributed by atoms with E-state index in [0.717, 1.165) is 27.7 Å². The molecule has 6 aromatic rings. The maximum atomic E-state index is 14.2. The van der Waals surface area contributed by atoms with Crippen LogP contribution < -0.4 is 10.5 Å². The van der Waals surface area contributed by atoms with Gasteiger partial charge >= 0.3 is 0 Å². The van der Waals surface area contributed by atoms with Crippen LogP contribution in [-0.4, -0.2) is 61.7 Å². The summed E-state index contributed by atoms with van der Waals surface area (Å²) in [6.07, 6.45) is 5.44. The second-order valence-corrected chi connectivity index (χ2v) is 13.0. The van der Waals surface area contributed by atoms with Gasteiger partial charge in [-0.25, -0.2) is 14.5 Å². The first-order chi connectivity index (χ1) is 21.0. The maximum Gasteiger partial charge on any atom is 0.259 e. The molecule has 5 heterocycles. The van der Waals surface area contributed by atoms with E-state index >= 15 is 0 Å². The van der Waals surface area contributed by atoms with Crippen LogP contribution in [0.4, 0.5) is 0 Å². The lowest BCUT2D eigenvalue weighted by Gasteiger charge is -2.29. The number of hydrogen-bond donors (Lipinski definition) is 1. The number of carbonyl (C=O) groups is 2. The van der Waals surface area contributed by atoms with Crippen molar-refractivity contribution in [3.63, 3.8) is 0 Å². The number of hydrogen-bond acceptors (Lipinski definition) is 10. The van der Waals surface area contributed by atoms with Gasteiger partial charge in [0.1, 0.15) is 18.1 Å². The summed E-state index contributed by atoms with van der Waals surface area (Å²) in [6.45, 7) is 0.900. The predicted octanol–water partition coefficient (Wildman–Crippen LogP) is 5.68. The monoisotopic (exact) mass is 630 g/mol. The third-order valence-corrected chi connectivity index (χ3v) is 10.3. The van der Waals surface area contributed by atoms with Gasteiger partial charge in [0.2, 0.25) is 16.8 Å². The number of imidazole rings is 1. The number of oxazole rings is 1. The Balaban J connectivity index is 1.13. The normalized spacial score (nSPS) is 15.8. The number of fused-ring (bicyclic) bond motifs is 2. The molecule has 1 aliphatic heterocycles. The minimum absolute atomic E-state index is 0.0712. The molecule has 0 unspecified atom stereocenters. The average Bonchev–Trinajstić information content (AvgIpc) is 3.84. The number of aromatic nitrogens is 4. The van der Waals surface area contributed by atoms with Crippen molar-refractivity contribution in [3.05, 3.63) is 82.2 Å². The number of carbonyl (C=O) groups excluding carboxylic acids is 2. The van der Waals surface area contributed by atoms with E-state index in [1.807, 2.05) is 65.8 Å². The Kier molecular flexibility index (Phi) is 7.37. The molecule has 0 radical (unpaired) electrons. The van der Waals surface area contributed by atoms with Gasteiger partial charge in [0.15, 0.2) is 15.4 Å². The molecule has 0 aliphatic carbocycles. The van der Waals surface area contributed by atoms with Crippen LogP contribution >= 0.6 is 34.4 Å². The van der Waals surface area contributed by atoms with Crippen molar-refractivity contribution in [2.45, 2.75) is 29.1 Å². The van der Waals surface area contributed by atoms with Crippen molar-refractivity contribution in [1.82, 2.24) is 24.5 Å². The molecule has 218 valence electrons. The van der Waals surface area contributed by atoms with Crippen LogP contribution in [0, 0.1) is 0 Å². The van der Waals surface area contributed by atoms with Crippen LogP contribution in [0.15, 0.2) is 74.9 Å². The third-order valence-electron chi connectivity index (χ3n) is 7.50. The Morgan fingerprint density at radius 2 is 2.02 bits per heavy atom. The lowest BCUT2D eigenvalue weighted by Crippen LogP contribution is -2.42. The second kappa shape index (κ2) is 11.5. The van der Waals surface area contributed by atoms with Crippen molar-refractivity contribution in [3.8, 4) is 17.3 Å². The molecule has 2 aromatic carbocycles. The first-order valence-corrected chi connectivity index (χ1v) is 16.6. The van der Waals surface area contributed by atoms with Crippen LogP contribution in [0.2, 0.25) is 0 Å². The van der Waals surface area contributed by atoms with E-state index in [1.54, 1.807) is 27.9 Å². The van der Waals surface area contributed by atoms with Gasteiger partial charge in [-0.1, -0.05) is 59.5 Å². The standard InChI is InChI=1S/C30H26N6O4S3/c1-41-30-34-36-15-20(32-29(36)43-30)27-33-24-21(10-5-11-22(24)40-27)39-16-18-9-6-13-35(18)28(38)23(17-7-3-2-4-8-17)19-12-14-42-25(19)26(31)37/h2-5,7-8,10-12,14-15,18,23H,6,9,13,16H2,1H3,(H2,31,37)/t18-,23-/m1/s1. The Bertz CT molecular complexity index is 1910. The molecule has 1 saturated heterocycles. The van der Waals surface area contributed by atoms with Crippen LogP contribution in [-0.2, 0) is 4.79 Å². The summed E-state index contributed by atoms with van der Waals surface area (Å²) in [4.78, 5) is 38.8. The minimum atomic E-state index is -0.636. The maximum absolute atomic E-state index is 14.2. The van der Waals surface area contributed by atoms with Gasteiger partial charge < -0.3 is 19.8 Å². The lowest BCUT2D eigenvalue weighted by atomic mass is 9.90. The highest BCUT2D eigenvalue weighted by Crippen LogP contribution is 2.36. The highest BCUT2D eigenvalue weighted by atomic mass is 32.2. The van der Waals surface area contributed by atoms with E-state index in [1.165, 1.54) is 22.7 Å². The second-order valence-electron chi connectivity index (χ2n) is 10.1. The van der Waals surface area contributed by atoms with Crippen molar-refractivity contribution < 1.29 is 18.7 Å². The number of thioether (sulfide) groups is 1. The number of nitrogens with zero attached hydrogens (tertiary/aromatic N) is 5. The fourth-order valence-electron chi connectivity index (χ4n) is 5.52. The summed E-state index contributed by atoms with van der Waals surface area (Å²) in [5.41, 5.74) is 8.91. The van der Waals surface area contributed by atoms with Crippen LogP contribution in [0.25, 0.3) is 27.6 Å². The quantitative estimate of drug-likeness (QED) is 0.202. The minimum Gasteiger partial charge on any atom is -0.489 e. The summed E-state index contributed by atoms with van der Waals surface area (Å²) in [6, 6.07) is 16.8. The summed E-state index contributed by atoms with van der Waals surface area (Å²) < 4.78 is 15.0. The van der Waals surface area contributed by atoms with Gasteiger partial charge in [0.05, 0.1) is 23.0 Å². The van der Waals surface area contributed by atoms with Crippen LogP contribution in [0.5, 0.6) is 5.75 Å². The summed E-state index contributed by atoms with van der Waals surface area (Å²) in [5.74, 6) is -0.277. The highest BCUT2D eigenvalue weighted by Gasteiger charge is 2.37. The number of benzene rings is 2. The summed E-state index contributed by atoms with van der Waals surface area (Å²) in [5, 5.41) is 6.30. The predicted molar refractivity (Wildman–Crippen MR) is 167 cm³/mol. The van der Waals surface area contributed by atoms with E-state index in [-0.39, 0.29) is 11.9 Å². The Morgan fingerprint density at radius 3 is 2.81 bits per heavy atom. The van der Waals surface area contributed by atoms with E-state index in [2.05, 4.69) is 10.1 Å². The van der Waals surface area contributed by atoms with Gasteiger partial charge in [0.25, 0.3) is 5.91 Å². The number of para-hydroxylation sites is 1. The van der Waals surface area contributed by atoms with Gasteiger partial charge in [-0.15, -0.1) is 16.4 Å². The van der Waals surface area contributed by atoms with E-state index < -0.39 is 11.8 Å². The molecule has 0 spiro atoms. The third kappa shape index (κ3) is 5.17. The molecule has 2 atom stereocenters. The number of ether oxygens (including phenoxy) is 1. The van der Waals surface area contributed by atoms with E-state index in [9.17, 15) is 9.59 Å². The van der Waals surface area contributed by atoms with E-state index in [0.29, 0.717) is 52.0 Å². The molecular formula is C30H26N6O4S3. The lowest BCUT2D eigenvalue weighted by molar-refractivity contribution is -0.133. The zero-order valence-electron chi connectivity index (χ0n) is 23.0. The molecule has 10 nitrogen and oxygen atoms in total. The number of amides is 2. The number of nitrogens with two attached hydrogens (primary N) is 1. The topological polar surface area (TPSA) is 129 Å². The first kappa shape index (κ1) is 27.6. The number of thiophene rings is 1. The molecule has 0 saturated carbocycles. The molecule has 43 heavy (non-hydrogen) atoms. The molecule has 1 fully saturated rings. The van der Waals surface area contributed by atoms with Gasteiger partial charge in [-0.2, -0.15) is 0 Å². The van der Waals surface area contributed by atoms with Crippen LogP contribution in [0.1, 0.15) is 39.6 Å². The van der Waals surface area contributed by atoms with Gasteiger partial charge in [-0.05, 0) is 53.8 Å². The van der Waals surface area contributed by atoms with Crippen molar-refractivity contribution in [2.75, 3.05) is 19.4 Å². The smallest absolute Gasteiger partial charge is 0.259 e. The molecule has 2 N–H and O–H groups in total. The first-order valence-electron chi connectivity index (χ1n) is 13.7. The SMILES string of the molecule is CSc1nn2cc(-c3nc4c(OC[C@H]5CCCN5C(=O)[C@H](c5ccccc5)c5ccsc5C(N)=O)cccc4o3)nc2s1. The molecule has 7 rings (SSSR count).